The summed E-state index contributed by atoms with van der Waals surface area (Å²) in [5, 5.41) is 0.606. The number of methoxy groups -OCH3 is 1. The number of esters is 1. The molecule has 1 spiro atoms. The third-order valence-corrected chi connectivity index (χ3v) is 6.14. The first kappa shape index (κ1) is 21.0. The Hall–Kier alpha value is -1.76. The Kier molecular flexibility index (Phi) is 5.94. The number of amides is 1. The Balaban J connectivity index is 1.58. The zero-order valence-corrected chi connectivity index (χ0v) is 18.7. The molecular formula is C21H29BrN2O4. The molecule has 7 heteroatoms. The van der Waals surface area contributed by atoms with Gasteiger partial charge in [-0.15, -0.1) is 0 Å². The minimum atomic E-state index is -0.455. The Morgan fingerprint density at radius 2 is 1.82 bits per heavy atom. The molecule has 0 bridgehead atoms. The standard InChI is InChI=1S/C21H29BrN2O4/c1-20(2,3)28-19(26)23-9-7-21(8-10-23)13-24(14-21)16-5-6-17(18(25)27-4)15(11-16)12-22/h5-6,11H,7-10,12-14H2,1-4H3. The van der Waals surface area contributed by atoms with Crippen molar-refractivity contribution in [2.75, 3.05) is 38.2 Å². The van der Waals surface area contributed by atoms with Crippen LogP contribution >= 0.6 is 15.9 Å². The summed E-state index contributed by atoms with van der Waals surface area (Å²) in [5.74, 6) is -0.310. The number of likely N-dealkylation sites (tertiary alicyclic amines) is 1. The predicted octanol–water partition coefficient (Wildman–Crippen LogP) is 4.21. The van der Waals surface area contributed by atoms with Crippen LogP contribution in [0, 0.1) is 5.41 Å². The van der Waals surface area contributed by atoms with Gasteiger partial charge in [0.1, 0.15) is 5.60 Å². The van der Waals surface area contributed by atoms with Crippen LogP contribution in [0.15, 0.2) is 18.2 Å². The van der Waals surface area contributed by atoms with Gasteiger partial charge in [0.25, 0.3) is 0 Å². The largest absolute Gasteiger partial charge is 0.465 e. The van der Waals surface area contributed by atoms with Gasteiger partial charge in [-0.25, -0.2) is 9.59 Å². The second-order valence-corrected chi connectivity index (χ2v) is 9.35. The van der Waals surface area contributed by atoms with E-state index in [0.717, 1.165) is 50.3 Å². The number of ether oxygens (including phenoxy) is 2. The van der Waals surface area contributed by atoms with Crippen LogP contribution in [0.25, 0.3) is 0 Å². The molecule has 2 aliphatic heterocycles. The van der Waals surface area contributed by atoms with Gasteiger partial charge in [0.2, 0.25) is 0 Å². The Labute approximate surface area is 175 Å². The molecule has 2 aliphatic rings. The molecule has 1 aromatic carbocycles. The van der Waals surface area contributed by atoms with E-state index in [1.54, 1.807) is 0 Å². The fourth-order valence-electron chi connectivity index (χ4n) is 3.95. The maximum atomic E-state index is 12.3. The van der Waals surface area contributed by atoms with Gasteiger partial charge in [0.15, 0.2) is 0 Å². The molecule has 2 saturated heterocycles. The lowest BCUT2D eigenvalue weighted by molar-refractivity contribution is 0.00596. The van der Waals surface area contributed by atoms with Crippen molar-refractivity contribution in [3.05, 3.63) is 29.3 Å². The van der Waals surface area contributed by atoms with Gasteiger partial charge in [0, 0.05) is 42.6 Å². The highest BCUT2D eigenvalue weighted by molar-refractivity contribution is 9.08. The monoisotopic (exact) mass is 452 g/mol. The van der Waals surface area contributed by atoms with Crippen LogP contribution in [-0.4, -0.2) is 55.9 Å². The normalized spacial score (nSPS) is 18.6. The summed E-state index contributed by atoms with van der Waals surface area (Å²) in [5.41, 5.74) is 2.48. The molecule has 0 aromatic heterocycles. The molecule has 1 amide bonds. The number of anilines is 1. The molecular weight excluding hydrogens is 424 g/mol. The van der Waals surface area contributed by atoms with E-state index in [2.05, 4.69) is 26.9 Å². The van der Waals surface area contributed by atoms with Crippen LogP contribution in [0.1, 0.15) is 49.5 Å². The van der Waals surface area contributed by atoms with Crippen molar-refractivity contribution >= 4 is 33.7 Å². The lowest BCUT2D eigenvalue weighted by Crippen LogP contribution is -2.61. The average molecular weight is 453 g/mol. The Morgan fingerprint density at radius 3 is 2.36 bits per heavy atom. The number of hydrogen-bond donors (Lipinski definition) is 0. The number of alkyl halides is 1. The first-order chi connectivity index (χ1) is 13.2. The minimum Gasteiger partial charge on any atom is -0.465 e. The van der Waals surface area contributed by atoms with Crippen molar-refractivity contribution < 1.29 is 19.1 Å². The van der Waals surface area contributed by atoms with E-state index in [4.69, 9.17) is 9.47 Å². The quantitative estimate of drug-likeness (QED) is 0.507. The topological polar surface area (TPSA) is 59.1 Å². The minimum absolute atomic E-state index is 0.209. The number of piperidine rings is 1. The van der Waals surface area contributed by atoms with Crippen molar-refractivity contribution in [3.8, 4) is 0 Å². The van der Waals surface area contributed by atoms with Gasteiger partial charge in [-0.3, -0.25) is 0 Å². The van der Waals surface area contributed by atoms with Crippen LogP contribution < -0.4 is 4.90 Å². The van der Waals surface area contributed by atoms with E-state index >= 15 is 0 Å². The van der Waals surface area contributed by atoms with E-state index < -0.39 is 5.60 Å². The maximum absolute atomic E-state index is 12.3. The number of benzene rings is 1. The molecule has 154 valence electrons. The zero-order valence-electron chi connectivity index (χ0n) is 17.1. The fraction of sp³-hybridized carbons (Fsp3) is 0.619. The van der Waals surface area contributed by atoms with Crippen molar-refractivity contribution in [1.29, 1.82) is 0 Å². The van der Waals surface area contributed by atoms with Crippen molar-refractivity contribution in [1.82, 2.24) is 4.90 Å². The second kappa shape index (κ2) is 7.93. The summed E-state index contributed by atoms with van der Waals surface area (Å²) < 4.78 is 10.3. The van der Waals surface area contributed by atoms with Crippen molar-refractivity contribution in [2.45, 2.75) is 44.5 Å². The predicted molar refractivity (Wildman–Crippen MR) is 112 cm³/mol. The molecule has 2 fully saturated rings. The lowest BCUT2D eigenvalue weighted by atomic mass is 9.72. The lowest BCUT2D eigenvalue weighted by Gasteiger charge is -2.55. The third kappa shape index (κ3) is 4.45. The molecule has 0 atom stereocenters. The number of nitrogens with zero attached hydrogens (tertiary/aromatic N) is 2. The van der Waals surface area contributed by atoms with Gasteiger partial charge in [0.05, 0.1) is 12.7 Å². The summed E-state index contributed by atoms with van der Waals surface area (Å²) in [6.07, 6.45) is 1.78. The van der Waals surface area contributed by atoms with Crippen LogP contribution in [-0.2, 0) is 14.8 Å². The SMILES string of the molecule is COC(=O)c1ccc(N2CC3(CCN(C(=O)OC(C)(C)C)CC3)C2)cc1CBr. The van der Waals surface area contributed by atoms with Gasteiger partial charge in [-0.1, -0.05) is 15.9 Å². The molecule has 2 heterocycles. The van der Waals surface area contributed by atoms with Gasteiger partial charge in [-0.05, 0) is 57.4 Å². The number of carbonyl (C=O) groups excluding carboxylic acids is 2. The van der Waals surface area contributed by atoms with E-state index in [1.165, 1.54) is 7.11 Å². The molecule has 0 aliphatic carbocycles. The molecule has 0 saturated carbocycles. The highest BCUT2D eigenvalue weighted by Crippen LogP contribution is 2.43. The number of hydrogen-bond acceptors (Lipinski definition) is 5. The molecule has 6 nitrogen and oxygen atoms in total. The van der Waals surface area contributed by atoms with Crippen LogP contribution in [0.2, 0.25) is 0 Å². The fourth-order valence-corrected chi connectivity index (χ4v) is 4.41. The van der Waals surface area contributed by atoms with Gasteiger partial charge in [-0.2, -0.15) is 0 Å². The van der Waals surface area contributed by atoms with E-state index in [1.807, 2.05) is 37.8 Å². The molecule has 3 rings (SSSR count). The molecule has 0 radical (unpaired) electrons. The first-order valence-corrected chi connectivity index (χ1v) is 10.8. The van der Waals surface area contributed by atoms with Gasteiger partial charge < -0.3 is 19.3 Å². The summed E-state index contributed by atoms with van der Waals surface area (Å²) in [7, 11) is 1.40. The van der Waals surface area contributed by atoms with Crippen LogP contribution in [0.3, 0.4) is 0 Å². The smallest absolute Gasteiger partial charge is 0.410 e. The van der Waals surface area contributed by atoms with Crippen molar-refractivity contribution in [3.63, 3.8) is 0 Å². The number of halogens is 1. The van der Waals surface area contributed by atoms with Crippen LogP contribution in [0.5, 0.6) is 0 Å². The van der Waals surface area contributed by atoms with Gasteiger partial charge >= 0.3 is 12.1 Å². The van der Waals surface area contributed by atoms with E-state index in [9.17, 15) is 9.59 Å². The third-order valence-electron chi connectivity index (χ3n) is 5.53. The van der Waals surface area contributed by atoms with Crippen LogP contribution in [0.4, 0.5) is 10.5 Å². The molecule has 28 heavy (non-hydrogen) atoms. The number of carbonyl (C=O) groups is 2. The molecule has 1 aromatic rings. The average Bonchev–Trinajstić information content (AvgIpc) is 2.63. The maximum Gasteiger partial charge on any atom is 0.410 e. The summed E-state index contributed by atoms with van der Waals surface area (Å²) in [6.45, 7) is 9.14. The summed E-state index contributed by atoms with van der Waals surface area (Å²) in [6, 6.07) is 5.89. The zero-order chi connectivity index (χ0) is 20.5. The summed E-state index contributed by atoms with van der Waals surface area (Å²) in [4.78, 5) is 28.3. The molecule has 0 unspecified atom stereocenters. The second-order valence-electron chi connectivity index (χ2n) is 8.79. The Morgan fingerprint density at radius 1 is 1.18 bits per heavy atom. The first-order valence-electron chi connectivity index (χ1n) is 9.66. The summed E-state index contributed by atoms with van der Waals surface area (Å²) >= 11 is 3.46. The highest BCUT2D eigenvalue weighted by Gasteiger charge is 2.46. The Bertz CT molecular complexity index is 743. The molecule has 0 N–H and O–H groups in total. The van der Waals surface area contributed by atoms with E-state index in [0.29, 0.717) is 10.9 Å². The highest BCUT2D eigenvalue weighted by atomic mass is 79.9. The van der Waals surface area contributed by atoms with Crippen molar-refractivity contribution in [2.24, 2.45) is 5.41 Å². The van der Waals surface area contributed by atoms with E-state index in [-0.39, 0.29) is 17.5 Å². The number of rotatable bonds is 3.